The van der Waals surface area contributed by atoms with Crippen LogP contribution in [0.15, 0.2) is 12.3 Å². The summed E-state index contributed by atoms with van der Waals surface area (Å²) in [6, 6.07) is 1.15. The molecule has 32 heavy (non-hydrogen) atoms. The number of likely N-dealkylation sites (tertiary alicyclic amines) is 1. The van der Waals surface area contributed by atoms with Crippen molar-refractivity contribution >= 4 is 17.8 Å². The number of aromatic nitrogens is 2. The maximum absolute atomic E-state index is 12.8. The molecular weight excluding hydrogens is 427 g/mol. The van der Waals surface area contributed by atoms with Crippen LogP contribution in [0.2, 0.25) is 0 Å². The number of amides is 2. The zero-order valence-electron chi connectivity index (χ0n) is 17.5. The van der Waals surface area contributed by atoms with Crippen LogP contribution in [0, 0.1) is 23.2 Å². The minimum Gasteiger partial charge on any atom is -0.446 e. The van der Waals surface area contributed by atoms with Gasteiger partial charge in [0.25, 0.3) is 0 Å². The first-order chi connectivity index (χ1) is 15.1. The van der Waals surface area contributed by atoms with E-state index in [1.165, 1.54) is 6.07 Å². The van der Waals surface area contributed by atoms with E-state index in [0.29, 0.717) is 38.3 Å². The number of nitrogens with one attached hydrogen (secondary N) is 1. The number of carbonyl (C=O) groups excluding carboxylic acids is 2. The van der Waals surface area contributed by atoms with Gasteiger partial charge in [-0.2, -0.15) is 13.2 Å². The van der Waals surface area contributed by atoms with Gasteiger partial charge < -0.3 is 20.7 Å². The van der Waals surface area contributed by atoms with E-state index in [9.17, 15) is 22.8 Å². The maximum atomic E-state index is 12.8. The van der Waals surface area contributed by atoms with Gasteiger partial charge in [0, 0.05) is 25.3 Å². The second-order valence-electron chi connectivity index (χ2n) is 9.80. The fraction of sp³-hybridized carbons (Fsp3) is 0.714. The van der Waals surface area contributed by atoms with Gasteiger partial charge in [0.05, 0.1) is 5.41 Å². The molecule has 11 heteroatoms. The van der Waals surface area contributed by atoms with Gasteiger partial charge in [-0.25, -0.2) is 14.8 Å². The van der Waals surface area contributed by atoms with Gasteiger partial charge in [-0.3, -0.25) is 4.79 Å². The number of nitrogens with zero attached hydrogens (tertiary/aromatic N) is 3. The second-order valence-corrected chi connectivity index (χ2v) is 9.80. The van der Waals surface area contributed by atoms with E-state index >= 15 is 0 Å². The zero-order valence-corrected chi connectivity index (χ0v) is 17.5. The zero-order chi connectivity index (χ0) is 22.7. The quantitative estimate of drug-likeness (QED) is 0.726. The van der Waals surface area contributed by atoms with Crippen LogP contribution in [0.5, 0.6) is 0 Å². The Labute approximate surface area is 183 Å². The largest absolute Gasteiger partial charge is 0.451 e. The van der Waals surface area contributed by atoms with Gasteiger partial charge in [-0.1, -0.05) is 0 Å². The van der Waals surface area contributed by atoms with E-state index in [4.69, 9.17) is 10.5 Å². The molecule has 0 spiro atoms. The molecule has 8 nitrogen and oxygen atoms in total. The summed E-state index contributed by atoms with van der Waals surface area (Å²) >= 11 is 0. The number of halogens is 3. The molecule has 1 aromatic heterocycles. The summed E-state index contributed by atoms with van der Waals surface area (Å²) < 4.78 is 44.4. The third kappa shape index (κ3) is 3.75. The number of carbonyl (C=O) groups is 2. The smallest absolute Gasteiger partial charge is 0.446 e. The van der Waals surface area contributed by atoms with Gasteiger partial charge >= 0.3 is 12.3 Å². The molecule has 2 unspecified atom stereocenters. The summed E-state index contributed by atoms with van der Waals surface area (Å²) in [5.74, 6) is -0.553. The van der Waals surface area contributed by atoms with E-state index in [1.807, 2.05) is 0 Å². The molecule has 4 bridgehead atoms. The third-order valence-electron chi connectivity index (χ3n) is 7.65. The van der Waals surface area contributed by atoms with Crippen LogP contribution in [-0.2, 0) is 15.7 Å². The Morgan fingerprint density at radius 2 is 1.94 bits per heavy atom. The Hall–Kier alpha value is -2.59. The summed E-state index contributed by atoms with van der Waals surface area (Å²) in [7, 11) is 0. The Bertz CT molecular complexity index is 910. The molecule has 4 saturated carbocycles. The van der Waals surface area contributed by atoms with Crippen molar-refractivity contribution in [3.8, 4) is 0 Å². The standard InChI is InChI=1S/C21H26F3N5O3/c22-21(23,24)18-26-3-1-15(28-18)27-14-2-4-29(10-14)19(31)32-16-12-5-11-6-13(16)9-20(7-11,8-12)17(25)30/h1,3,11-14,16H,2,4-10H2,(H2,25,30)(H,26,27,28)/t11?,12?,13?,14-,16-,20-/m1/s1. The van der Waals surface area contributed by atoms with Gasteiger partial charge in [0.2, 0.25) is 11.7 Å². The second kappa shape index (κ2) is 7.48. The van der Waals surface area contributed by atoms with Crippen molar-refractivity contribution < 1.29 is 27.5 Å². The Balaban J connectivity index is 1.18. The predicted molar refractivity (Wildman–Crippen MR) is 106 cm³/mol. The normalized spacial score (nSPS) is 35.7. The molecule has 2 amide bonds. The van der Waals surface area contributed by atoms with Crippen molar-refractivity contribution in [1.29, 1.82) is 0 Å². The molecule has 2 heterocycles. The minimum absolute atomic E-state index is 0.0744. The van der Waals surface area contributed by atoms with E-state index in [0.717, 1.165) is 25.5 Å². The Morgan fingerprint density at radius 3 is 2.59 bits per heavy atom. The lowest BCUT2D eigenvalue weighted by molar-refractivity contribution is -0.161. The van der Waals surface area contributed by atoms with Crippen molar-refractivity contribution in [1.82, 2.24) is 14.9 Å². The van der Waals surface area contributed by atoms with Crippen molar-refractivity contribution in [3.63, 3.8) is 0 Å². The molecule has 3 N–H and O–H groups in total. The first kappa shape index (κ1) is 21.3. The number of primary amides is 1. The van der Waals surface area contributed by atoms with Crippen LogP contribution in [-0.4, -0.2) is 52.1 Å². The first-order valence-electron chi connectivity index (χ1n) is 11.1. The SMILES string of the molecule is NC(=O)[C@]12CC3CC(C1)[C@@H](OC(=O)N1CC[C@@H](Nc4ccnc(C(F)(F)F)n4)C1)C(C3)C2. The molecule has 1 saturated heterocycles. The highest BCUT2D eigenvalue weighted by Crippen LogP contribution is 2.60. The van der Waals surface area contributed by atoms with Gasteiger partial charge in [0.15, 0.2) is 0 Å². The monoisotopic (exact) mass is 453 g/mol. The molecule has 5 fully saturated rings. The number of rotatable bonds is 4. The number of alkyl halides is 3. The number of anilines is 1. The average Bonchev–Trinajstić information content (AvgIpc) is 3.18. The maximum Gasteiger partial charge on any atom is 0.451 e. The lowest BCUT2D eigenvalue weighted by Crippen LogP contribution is -2.59. The summed E-state index contributed by atoms with van der Waals surface area (Å²) in [6.45, 7) is 0.768. The topological polar surface area (TPSA) is 110 Å². The van der Waals surface area contributed by atoms with E-state index in [-0.39, 0.29) is 35.7 Å². The summed E-state index contributed by atoms with van der Waals surface area (Å²) in [4.78, 5) is 33.3. The molecule has 1 aliphatic heterocycles. The molecule has 6 rings (SSSR count). The van der Waals surface area contributed by atoms with Gasteiger partial charge in [-0.15, -0.1) is 0 Å². The highest BCUT2D eigenvalue weighted by atomic mass is 19.4. The molecular formula is C21H26F3N5O3. The molecule has 0 aromatic carbocycles. The lowest BCUT2D eigenvalue weighted by Gasteiger charge is -2.58. The molecule has 174 valence electrons. The fourth-order valence-electron chi connectivity index (χ4n) is 6.49. The van der Waals surface area contributed by atoms with Gasteiger partial charge in [0.1, 0.15) is 11.9 Å². The summed E-state index contributed by atoms with van der Waals surface area (Å²) in [5, 5.41) is 2.96. The first-order valence-corrected chi connectivity index (χ1v) is 11.1. The van der Waals surface area contributed by atoms with E-state index < -0.39 is 23.5 Å². The summed E-state index contributed by atoms with van der Waals surface area (Å²) in [5.41, 5.74) is 5.28. The Kier molecular flexibility index (Phi) is 4.97. The van der Waals surface area contributed by atoms with Crippen LogP contribution in [0.3, 0.4) is 0 Å². The van der Waals surface area contributed by atoms with E-state index in [1.54, 1.807) is 4.90 Å². The highest BCUT2D eigenvalue weighted by molar-refractivity contribution is 5.81. The molecule has 4 aliphatic carbocycles. The van der Waals surface area contributed by atoms with Crippen LogP contribution in [0.1, 0.15) is 44.3 Å². The lowest BCUT2D eigenvalue weighted by atomic mass is 9.48. The van der Waals surface area contributed by atoms with Crippen molar-refractivity contribution in [2.45, 2.75) is 56.8 Å². The van der Waals surface area contributed by atoms with Crippen molar-refractivity contribution in [3.05, 3.63) is 18.1 Å². The fourth-order valence-corrected chi connectivity index (χ4v) is 6.49. The molecule has 3 atom stereocenters. The third-order valence-corrected chi connectivity index (χ3v) is 7.65. The number of hydrogen-bond acceptors (Lipinski definition) is 6. The number of ether oxygens (including phenoxy) is 1. The van der Waals surface area contributed by atoms with Crippen LogP contribution in [0.25, 0.3) is 0 Å². The Morgan fingerprint density at radius 1 is 1.22 bits per heavy atom. The molecule has 1 aromatic rings. The van der Waals surface area contributed by atoms with Crippen molar-refractivity contribution in [2.75, 3.05) is 18.4 Å². The minimum atomic E-state index is -4.62. The molecule has 5 aliphatic rings. The van der Waals surface area contributed by atoms with Crippen molar-refractivity contribution in [2.24, 2.45) is 28.9 Å². The highest BCUT2D eigenvalue weighted by Gasteiger charge is 2.59. The predicted octanol–water partition coefficient (Wildman–Crippen LogP) is 2.80. The van der Waals surface area contributed by atoms with Crippen LogP contribution >= 0.6 is 0 Å². The van der Waals surface area contributed by atoms with E-state index in [2.05, 4.69) is 15.3 Å². The number of hydrogen-bond donors (Lipinski definition) is 2. The van der Waals surface area contributed by atoms with Crippen LogP contribution < -0.4 is 11.1 Å². The van der Waals surface area contributed by atoms with Gasteiger partial charge in [-0.05, 0) is 62.3 Å². The summed E-state index contributed by atoms with van der Waals surface area (Å²) in [6.07, 6.45) is 0.567. The van der Waals surface area contributed by atoms with Crippen LogP contribution in [0.4, 0.5) is 23.8 Å². The number of nitrogens with two attached hydrogens (primary N) is 1. The average molecular weight is 453 g/mol. The molecule has 0 radical (unpaired) electrons.